The Morgan fingerprint density at radius 2 is 2.05 bits per heavy atom. The van der Waals surface area contributed by atoms with Crippen LogP contribution in [0.5, 0.6) is 5.88 Å². The van der Waals surface area contributed by atoms with Gasteiger partial charge in [0.1, 0.15) is 5.69 Å². The molecule has 106 valence electrons. The molecule has 1 saturated carbocycles. The summed E-state index contributed by atoms with van der Waals surface area (Å²) < 4.78 is 5.33. The molecule has 0 radical (unpaired) electrons. The van der Waals surface area contributed by atoms with Crippen LogP contribution in [0.15, 0.2) is 12.4 Å². The molecule has 0 aromatic carbocycles. The normalized spacial score (nSPS) is 17.6. The quantitative estimate of drug-likeness (QED) is 0.821. The molecule has 1 aromatic heterocycles. The van der Waals surface area contributed by atoms with Crippen LogP contribution in [0.1, 0.15) is 57.2 Å². The monoisotopic (exact) mass is 263 g/mol. The lowest BCUT2D eigenvalue weighted by atomic mass is 9.97. The van der Waals surface area contributed by atoms with Crippen molar-refractivity contribution in [2.45, 2.75) is 51.5 Å². The maximum atomic E-state index is 5.33. The molecule has 1 unspecified atom stereocenters. The Morgan fingerprint density at radius 3 is 2.74 bits per heavy atom. The lowest BCUT2D eigenvalue weighted by molar-refractivity contribution is 0.362. The molecule has 1 aromatic rings. The van der Waals surface area contributed by atoms with Crippen LogP contribution in [0.25, 0.3) is 0 Å². The van der Waals surface area contributed by atoms with Crippen molar-refractivity contribution in [3.8, 4) is 5.88 Å². The second-order valence-electron chi connectivity index (χ2n) is 5.29. The van der Waals surface area contributed by atoms with Crippen LogP contribution in [0.4, 0.5) is 0 Å². The fourth-order valence-electron chi connectivity index (χ4n) is 3.02. The number of hydrogen-bond donors (Lipinski definition) is 1. The highest BCUT2D eigenvalue weighted by Gasteiger charge is 2.21. The number of methoxy groups -OCH3 is 1. The summed E-state index contributed by atoms with van der Waals surface area (Å²) in [6, 6.07) is 0.259. The van der Waals surface area contributed by atoms with E-state index in [-0.39, 0.29) is 6.04 Å². The number of aromatic nitrogens is 2. The predicted molar refractivity (Wildman–Crippen MR) is 76.2 cm³/mol. The maximum Gasteiger partial charge on any atom is 0.236 e. The summed E-state index contributed by atoms with van der Waals surface area (Å²) in [6.07, 6.45) is 11.4. The third kappa shape index (κ3) is 3.90. The molecule has 4 heteroatoms. The first-order valence-corrected chi connectivity index (χ1v) is 7.43. The summed E-state index contributed by atoms with van der Waals surface area (Å²) >= 11 is 0. The molecule has 0 saturated heterocycles. The summed E-state index contributed by atoms with van der Waals surface area (Å²) in [7, 11) is 1.66. The Labute approximate surface area is 116 Å². The van der Waals surface area contributed by atoms with Gasteiger partial charge in [0, 0.05) is 12.4 Å². The SMILES string of the molecule is CCNC(CCC1CCCC1)c1nccnc1OC. The molecule has 0 amide bonds. The van der Waals surface area contributed by atoms with Crippen molar-refractivity contribution in [1.29, 1.82) is 0 Å². The van der Waals surface area contributed by atoms with Crippen molar-refractivity contribution in [3.05, 3.63) is 18.1 Å². The van der Waals surface area contributed by atoms with Crippen LogP contribution in [-0.2, 0) is 0 Å². The number of ether oxygens (including phenoxy) is 1. The number of nitrogens with one attached hydrogen (secondary N) is 1. The minimum Gasteiger partial charge on any atom is -0.480 e. The molecule has 1 fully saturated rings. The first-order chi connectivity index (χ1) is 9.35. The number of hydrogen-bond acceptors (Lipinski definition) is 4. The Hall–Kier alpha value is -1.16. The molecule has 1 aliphatic rings. The lowest BCUT2D eigenvalue weighted by Crippen LogP contribution is -2.23. The lowest BCUT2D eigenvalue weighted by Gasteiger charge is -2.20. The molecule has 0 aliphatic heterocycles. The summed E-state index contributed by atoms with van der Waals surface area (Å²) in [4.78, 5) is 8.72. The fraction of sp³-hybridized carbons (Fsp3) is 0.733. The Bertz CT molecular complexity index is 377. The van der Waals surface area contributed by atoms with E-state index < -0.39 is 0 Å². The van der Waals surface area contributed by atoms with Gasteiger partial charge in [-0.25, -0.2) is 4.98 Å². The van der Waals surface area contributed by atoms with Gasteiger partial charge < -0.3 is 10.1 Å². The van der Waals surface area contributed by atoms with E-state index in [0.29, 0.717) is 5.88 Å². The Balaban J connectivity index is 2.01. The minimum absolute atomic E-state index is 0.259. The fourth-order valence-corrected chi connectivity index (χ4v) is 3.02. The Kier molecular flexibility index (Phi) is 5.58. The summed E-state index contributed by atoms with van der Waals surface area (Å²) in [5, 5.41) is 3.52. The van der Waals surface area contributed by atoms with Gasteiger partial charge in [0.05, 0.1) is 13.2 Å². The van der Waals surface area contributed by atoms with E-state index in [1.807, 2.05) is 0 Å². The molecule has 4 nitrogen and oxygen atoms in total. The first-order valence-electron chi connectivity index (χ1n) is 7.43. The van der Waals surface area contributed by atoms with E-state index in [1.54, 1.807) is 19.5 Å². The van der Waals surface area contributed by atoms with Gasteiger partial charge >= 0.3 is 0 Å². The van der Waals surface area contributed by atoms with Gasteiger partial charge in [0.25, 0.3) is 0 Å². The van der Waals surface area contributed by atoms with E-state index >= 15 is 0 Å². The number of nitrogens with zero attached hydrogens (tertiary/aromatic N) is 2. The van der Waals surface area contributed by atoms with Crippen molar-refractivity contribution in [2.24, 2.45) is 5.92 Å². The Morgan fingerprint density at radius 1 is 1.32 bits per heavy atom. The van der Waals surface area contributed by atoms with Crippen LogP contribution in [0, 0.1) is 5.92 Å². The maximum absolute atomic E-state index is 5.33. The van der Waals surface area contributed by atoms with Crippen LogP contribution in [0.2, 0.25) is 0 Å². The van der Waals surface area contributed by atoms with Gasteiger partial charge in [0.2, 0.25) is 5.88 Å². The summed E-state index contributed by atoms with van der Waals surface area (Å²) in [5.41, 5.74) is 0.949. The highest BCUT2D eigenvalue weighted by Crippen LogP contribution is 2.32. The molecule has 0 bridgehead atoms. The summed E-state index contributed by atoms with van der Waals surface area (Å²) in [5.74, 6) is 1.56. The zero-order chi connectivity index (χ0) is 13.5. The second-order valence-corrected chi connectivity index (χ2v) is 5.29. The molecule has 2 rings (SSSR count). The van der Waals surface area contributed by atoms with Crippen molar-refractivity contribution in [2.75, 3.05) is 13.7 Å². The third-order valence-corrected chi connectivity index (χ3v) is 4.00. The molecule has 0 spiro atoms. The van der Waals surface area contributed by atoms with Gasteiger partial charge in [-0.05, 0) is 25.3 Å². The standard InChI is InChI=1S/C15H25N3O/c1-3-16-13(9-8-12-6-4-5-7-12)14-15(19-2)18-11-10-17-14/h10-13,16H,3-9H2,1-2H3. The van der Waals surface area contributed by atoms with E-state index in [0.717, 1.165) is 24.6 Å². The van der Waals surface area contributed by atoms with E-state index in [9.17, 15) is 0 Å². The van der Waals surface area contributed by atoms with Crippen molar-refractivity contribution < 1.29 is 4.74 Å². The van der Waals surface area contributed by atoms with Gasteiger partial charge in [-0.1, -0.05) is 32.6 Å². The number of rotatable bonds is 7. The topological polar surface area (TPSA) is 47.0 Å². The molecular formula is C15H25N3O. The highest BCUT2D eigenvalue weighted by molar-refractivity contribution is 5.21. The van der Waals surface area contributed by atoms with Crippen molar-refractivity contribution in [3.63, 3.8) is 0 Å². The van der Waals surface area contributed by atoms with Gasteiger partial charge in [-0.3, -0.25) is 4.98 Å². The smallest absolute Gasteiger partial charge is 0.236 e. The molecule has 1 aliphatic carbocycles. The van der Waals surface area contributed by atoms with Gasteiger partial charge in [-0.2, -0.15) is 0 Å². The minimum atomic E-state index is 0.259. The van der Waals surface area contributed by atoms with Crippen LogP contribution in [-0.4, -0.2) is 23.6 Å². The molecule has 1 heterocycles. The molecular weight excluding hydrogens is 238 g/mol. The zero-order valence-electron chi connectivity index (χ0n) is 12.1. The first kappa shape index (κ1) is 14.3. The molecule has 1 atom stereocenters. The zero-order valence-corrected chi connectivity index (χ0v) is 12.1. The summed E-state index contributed by atoms with van der Waals surface area (Å²) in [6.45, 7) is 3.07. The molecule has 1 N–H and O–H groups in total. The average Bonchev–Trinajstić information content (AvgIpc) is 2.96. The second kappa shape index (κ2) is 7.43. The van der Waals surface area contributed by atoms with E-state index in [2.05, 4.69) is 22.2 Å². The average molecular weight is 263 g/mol. The van der Waals surface area contributed by atoms with Crippen LogP contribution < -0.4 is 10.1 Å². The predicted octanol–water partition coefficient (Wildman–Crippen LogP) is 3.11. The van der Waals surface area contributed by atoms with Gasteiger partial charge in [-0.15, -0.1) is 0 Å². The van der Waals surface area contributed by atoms with Crippen molar-refractivity contribution >= 4 is 0 Å². The highest BCUT2D eigenvalue weighted by atomic mass is 16.5. The van der Waals surface area contributed by atoms with Gasteiger partial charge in [0.15, 0.2) is 0 Å². The molecule has 19 heavy (non-hydrogen) atoms. The van der Waals surface area contributed by atoms with Crippen LogP contribution >= 0.6 is 0 Å². The largest absolute Gasteiger partial charge is 0.480 e. The van der Waals surface area contributed by atoms with Crippen molar-refractivity contribution in [1.82, 2.24) is 15.3 Å². The van der Waals surface area contributed by atoms with E-state index in [1.165, 1.54) is 32.1 Å². The van der Waals surface area contributed by atoms with E-state index in [4.69, 9.17) is 4.74 Å². The van der Waals surface area contributed by atoms with Crippen LogP contribution in [0.3, 0.4) is 0 Å². The third-order valence-electron chi connectivity index (χ3n) is 4.00.